The van der Waals surface area contributed by atoms with Gasteiger partial charge < -0.3 is 4.52 Å². The van der Waals surface area contributed by atoms with Crippen molar-refractivity contribution in [2.75, 3.05) is 19.4 Å². The van der Waals surface area contributed by atoms with E-state index in [2.05, 4.69) is 27.7 Å². The van der Waals surface area contributed by atoms with E-state index in [-0.39, 0.29) is 0 Å². The molecule has 0 aromatic heterocycles. The molecular weight excluding hydrogens is 267 g/mol. The zero-order chi connectivity index (χ0) is 15.4. The van der Waals surface area contributed by atoms with Crippen LogP contribution in [0.2, 0.25) is 0 Å². The fourth-order valence-corrected chi connectivity index (χ4v) is 4.46. The van der Waals surface area contributed by atoms with E-state index in [0.717, 1.165) is 37.0 Å². The van der Waals surface area contributed by atoms with Gasteiger partial charge in [-0.25, -0.2) is 0 Å². The highest BCUT2D eigenvalue weighted by molar-refractivity contribution is 7.58. The first-order valence-corrected chi connectivity index (χ1v) is 10.5. The van der Waals surface area contributed by atoms with Gasteiger partial charge in [-0.3, -0.25) is 4.57 Å². The minimum atomic E-state index is -2.33. The van der Waals surface area contributed by atoms with E-state index < -0.39 is 7.37 Å². The zero-order valence-corrected chi connectivity index (χ0v) is 15.4. The Balaban J connectivity index is 3.70. The SMILES string of the molecule is COP(=O)(CCCCCC(C)C)CCCCCC(C)C. The predicted molar refractivity (Wildman–Crippen MR) is 91.0 cm³/mol. The molecule has 0 saturated heterocycles. The van der Waals surface area contributed by atoms with Crippen molar-refractivity contribution >= 4 is 7.37 Å². The number of hydrogen-bond acceptors (Lipinski definition) is 2. The number of hydrogen-bond donors (Lipinski definition) is 0. The van der Waals surface area contributed by atoms with Gasteiger partial charge in [0.1, 0.15) is 0 Å². The van der Waals surface area contributed by atoms with Crippen LogP contribution in [0.25, 0.3) is 0 Å². The molecule has 20 heavy (non-hydrogen) atoms. The summed E-state index contributed by atoms with van der Waals surface area (Å²) < 4.78 is 17.9. The van der Waals surface area contributed by atoms with E-state index in [9.17, 15) is 4.57 Å². The molecule has 2 nitrogen and oxygen atoms in total. The van der Waals surface area contributed by atoms with E-state index >= 15 is 0 Å². The van der Waals surface area contributed by atoms with Gasteiger partial charge in [-0.05, 0) is 24.7 Å². The molecule has 0 rings (SSSR count). The van der Waals surface area contributed by atoms with Crippen LogP contribution in [0.15, 0.2) is 0 Å². The molecule has 0 spiro atoms. The van der Waals surface area contributed by atoms with Crippen molar-refractivity contribution in [1.82, 2.24) is 0 Å². The summed E-state index contributed by atoms with van der Waals surface area (Å²) in [6, 6.07) is 0. The van der Waals surface area contributed by atoms with Crippen LogP contribution in [0.4, 0.5) is 0 Å². The molecule has 3 heteroatoms. The van der Waals surface area contributed by atoms with Gasteiger partial charge >= 0.3 is 0 Å². The monoisotopic (exact) mass is 304 g/mol. The Morgan fingerprint density at radius 1 is 0.750 bits per heavy atom. The van der Waals surface area contributed by atoms with Crippen molar-refractivity contribution in [3.63, 3.8) is 0 Å². The Labute approximate surface area is 127 Å². The molecule has 0 aliphatic heterocycles. The Morgan fingerprint density at radius 3 is 1.45 bits per heavy atom. The molecule has 0 fully saturated rings. The van der Waals surface area contributed by atoms with E-state index in [1.165, 1.54) is 38.5 Å². The molecule has 0 saturated carbocycles. The highest BCUT2D eigenvalue weighted by Gasteiger charge is 2.20. The number of rotatable bonds is 13. The topological polar surface area (TPSA) is 26.3 Å². The third-order valence-electron chi connectivity index (χ3n) is 3.89. The zero-order valence-electron chi connectivity index (χ0n) is 14.5. The van der Waals surface area contributed by atoms with Crippen molar-refractivity contribution in [3.05, 3.63) is 0 Å². The molecule has 0 aliphatic rings. The fourth-order valence-electron chi connectivity index (χ4n) is 2.46. The summed E-state index contributed by atoms with van der Waals surface area (Å²) in [7, 11) is -0.700. The van der Waals surface area contributed by atoms with Crippen LogP contribution >= 0.6 is 7.37 Å². The predicted octanol–water partition coefficient (Wildman–Crippen LogP) is 6.34. The van der Waals surface area contributed by atoms with Gasteiger partial charge in [0.2, 0.25) is 7.37 Å². The van der Waals surface area contributed by atoms with Gasteiger partial charge in [-0.15, -0.1) is 0 Å². The molecule has 0 unspecified atom stereocenters. The maximum Gasteiger partial charge on any atom is 0.202 e. The van der Waals surface area contributed by atoms with Crippen LogP contribution < -0.4 is 0 Å². The Morgan fingerprint density at radius 2 is 1.15 bits per heavy atom. The molecule has 0 N–H and O–H groups in total. The Bertz CT molecular complexity index is 240. The van der Waals surface area contributed by atoms with Gasteiger partial charge in [0.05, 0.1) is 0 Å². The summed E-state index contributed by atoms with van der Waals surface area (Å²) in [5, 5.41) is 0. The first kappa shape index (κ1) is 20.2. The first-order valence-electron chi connectivity index (χ1n) is 8.53. The molecule has 0 amide bonds. The largest absolute Gasteiger partial charge is 0.332 e. The first-order chi connectivity index (χ1) is 9.39. The average Bonchev–Trinajstić information content (AvgIpc) is 2.37. The van der Waals surface area contributed by atoms with Gasteiger partial charge in [0.25, 0.3) is 0 Å². The van der Waals surface area contributed by atoms with Crippen molar-refractivity contribution in [2.45, 2.75) is 79.1 Å². The molecule has 0 aromatic carbocycles. The average molecular weight is 304 g/mol. The summed E-state index contributed by atoms with van der Waals surface area (Å²) in [4.78, 5) is 0. The van der Waals surface area contributed by atoms with Crippen molar-refractivity contribution in [2.24, 2.45) is 11.8 Å². The number of unbranched alkanes of at least 4 members (excludes halogenated alkanes) is 4. The van der Waals surface area contributed by atoms with E-state index in [1.807, 2.05) is 0 Å². The molecule has 0 aliphatic carbocycles. The van der Waals surface area contributed by atoms with Crippen molar-refractivity contribution in [1.29, 1.82) is 0 Å². The summed E-state index contributed by atoms with van der Waals surface area (Å²) in [6.07, 6.45) is 11.2. The molecular formula is C17H37O2P. The molecule has 0 heterocycles. The quantitative estimate of drug-likeness (QED) is 0.293. The van der Waals surface area contributed by atoms with Crippen LogP contribution in [-0.2, 0) is 9.09 Å². The second kappa shape index (κ2) is 11.8. The summed E-state index contributed by atoms with van der Waals surface area (Å²) >= 11 is 0. The molecule has 0 bridgehead atoms. The smallest absolute Gasteiger partial charge is 0.202 e. The molecule has 0 aromatic rings. The lowest BCUT2D eigenvalue weighted by molar-refractivity contribution is 0.388. The van der Waals surface area contributed by atoms with Crippen LogP contribution in [0.1, 0.15) is 79.1 Å². The minimum Gasteiger partial charge on any atom is -0.332 e. The lowest BCUT2D eigenvalue weighted by Gasteiger charge is -2.16. The maximum absolute atomic E-state index is 12.6. The normalized spacial score (nSPS) is 12.6. The van der Waals surface area contributed by atoms with E-state index in [1.54, 1.807) is 7.11 Å². The molecule has 0 atom stereocenters. The van der Waals surface area contributed by atoms with E-state index in [0.29, 0.717) is 0 Å². The Kier molecular flexibility index (Phi) is 11.9. The van der Waals surface area contributed by atoms with Gasteiger partial charge in [0.15, 0.2) is 0 Å². The van der Waals surface area contributed by atoms with Crippen LogP contribution in [0.3, 0.4) is 0 Å². The minimum absolute atomic E-state index is 0.783. The van der Waals surface area contributed by atoms with Crippen LogP contribution in [0, 0.1) is 11.8 Å². The third-order valence-corrected chi connectivity index (χ3v) is 6.55. The van der Waals surface area contributed by atoms with Crippen molar-refractivity contribution in [3.8, 4) is 0 Å². The fraction of sp³-hybridized carbons (Fsp3) is 1.00. The maximum atomic E-state index is 12.6. The van der Waals surface area contributed by atoms with Gasteiger partial charge in [-0.1, -0.05) is 66.2 Å². The third kappa shape index (κ3) is 12.0. The summed E-state index contributed by atoms with van der Waals surface area (Å²) in [6.45, 7) is 9.04. The van der Waals surface area contributed by atoms with Crippen LogP contribution in [-0.4, -0.2) is 19.4 Å². The van der Waals surface area contributed by atoms with E-state index in [4.69, 9.17) is 4.52 Å². The lowest BCUT2D eigenvalue weighted by Crippen LogP contribution is -1.99. The van der Waals surface area contributed by atoms with Gasteiger partial charge in [-0.2, -0.15) is 0 Å². The summed E-state index contributed by atoms with van der Waals surface area (Å²) in [5.41, 5.74) is 0. The Hall–Kier alpha value is 0.190. The molecule has 0 radical (unpaired) electrons. The highest BCUT2D eigenvalue weighted by atomic mass is 31.2. The standard InChI is InChI=1S/C17H37O2P/c1-16(2)12-8-6-10-14-20(18,19-5)15-11-7-9-13-17(3)4/h16-17H,6-15H2,1-5H3. The van der Waals surface area contributed by atoms with Crippen molar-refractivity contribution < 1.29 is 9.09 Å². The summed E-state index contributed by atoms with van der Waals surface area (Å²) in [5.74, 6) is 1.57. The highest BCUT2D eigenvalue weighted by Crippen LogP contribution is 2.47. The van der Waals surface area contributed by atoms with Crippen LogP contribution in [0.5, 0.6) is 0 Å². The molecule has 122 valence electrons. The second-order valence-corrected chi connectivity index (χ2v) is 9.82. The lowest BCUT2D eigenvalue weighted by atomic mass is 10.1. The second-order valence-electron chi connectivity index (χ2n) is 6.93. The van der Waals surface area contributed by atoms with Gasteiger partial charge in [0, 0.05) is 19.4 Å².